The van der Waals surface area contributed by atoms with Crippen molar-refractivity contribution in [3.05, 3.63) is 40.8 Å². The summed E-state index contributed by atoms with van der Waals surface area (Å²) < 4.78 is 5.53. The molecule has 0 radical (unpaired) electrons. The van der Waals surface area contributed by atoms with Gasteiger partial charge in [-0.25, -0.2) is 4.79 Å². The van der Waals surface area contributed by atoms with Crippen LogP contribution in [0, 0.1) is 12.8 Å². The molecule has 0 spiro atoms. The first-order valence-electron chi connectivity index (χ1n) is 13.4. The van der Waals surface area contributed by atoms with E-state index in [4.69, 9.17) is 4.74 Å². The number of nitrogens with one attached hydrogen (secondary N) is 2. The van der Waals surface area contributed by atoms with E-state index in [9.17, 15) is 9.59 Å². The molecule has 2 aromatic rings. The Balaban J connectivity index is 1.26. The van der Waals surface area contributed by atoms with Crippen molar-refractivity contribution >= 4 is 17.8 Å². The fraction of sp³-hybridized carbons (Fsp3) is 0.630. The van der Waals surface area contributed by atoms with Crippen molar-refractivity contribution in [2.24, 2.45) is 5.92 Å². The standard InChI is InChI=1S/C27H39N7O3/c1-17-6-7-22(28-12-17)25(35)29-24-21-16-34(27(4,5)23(21)30-31-24)26(36)33-14-18(2)32(13-19(33)3)15-20-8-10-37-11-9-20/h6-7,12,18-20H,8-11,13-16H2,1-5H3,(H2,29,30,31,35)/t18-,19+/m1/s1. The molecule has 200 valence electrons. The molecule has 2 atom stereocenters. The fourth-order valence-corrected chi connectivity index (χ4v) is 5.83. The molecule has 0 aromatic carbocycles. The monoisotopic (exact) mass is 509 g/mol. The summed E-state index contributed by atoms with van der Waals surface area (Å²) in [4.78, 5) is 37.3. The van der Waals surface area contributed by atoms with Crippen LogP contribution in [0.5, 0.6) is 0 Å². The summed E-state index contributed by atoms with van der Waals surface area (Å²) in [5, 5.41) is 10.3. The Kier molecular flexibility index (Phi) is 6.97. The Morgan fingerprint density at radius 3 is 2.62 bits per heavy atom. The van der Waals surface area contributed by atoms with Gasteiger partial charge in [-0.05, 0) is 65.0 Å². The highest BCUT2D eigenvalue weighted by molar-refractivity contribution is 6.02. The van der Waals surface area contributed by atoms with E-state index in [0.717, 1.165) is 56.0 Å². The maximum absolute atomic E-state index is 13.9. The zero-order valence-electron chi connectivity index (χ0n) is 22.6. The highest BCUT2D eigenvalue weighted by Gasteiger charge is 2.47. The minimum atomic E-state index is -0.577. The molecule has 0 bridgehead atoms. The molecule has 2 fully saturated rings. The number of H-pyrrole nitrogens is 1. The molecule has 0 aliphatic carbocycles. The third kappa shape index (κ3) is 4.96. The number of hydrogen-bond acceptors (Lipinski definition) is 6. The van der Waals surface area contributed by atoms with E-state index in [1.54, 1.807) is 12.3 Å². The van der Waals surface area contributed by atoms with Gasteiger partial charge in [0.2, 0.25) is 0 Å². The van der Waals surface area contributed by atoms with Gasteiger partial charge in [-0.2, -0.15) is 5.10 Å². The number of nitrogens with zero attached hydrogens (tertiary/aromatic N) is 5. The number of urea groups is 1. The number of piperazine rings is 1. The van der Waals surface area contributed by atoms with Crippen LogP contribution in [0.15, 0.2) is 18.3 Å². The molecule has 2 saturated heterocycles. The molecule has 37 heavy (non-hydrogen) atoms. The Morgan fingerprint density at radius 1 is 1.16 bits per heavy atom. The quantitative estimate of drug-likeness (QED) is 0.655. The van der Waals surface area contributed by atoms with Gasteiger partial charge in [0.15, 0.2) is 5.82 Å². The molecule has 0 saturated carbocycles. The number of ether oxygens (including phenoxy) is 1. The molecule has 5 rings (SSSR count). The van der Waals surface area contributed by atoms with E-state index in [1.807, 2.05) is 36.6 Å². The maximum atomic E-state index is 13.9. The van der Waals surface area contributed by atoms with E-state index in [-0.39, 0.29) is 18.0 Å². The Hall–Kier alpha value is -2.98. The molecular formula is C27H39N7O3. The van der Waals surface area contributed by atoms with Gasteiger partial charge >= 0.3 is 6.03 Å². The molecule has 2 aromatic heterocycles. The number of hydrogen-bond donors (Lipinski definition) is 2. The summed E-state index contributed by atoms with van der Waals surface area (Å²) in [7, 11) is 0. The predicted molar refractivity (Wildman–Crippen MR) is 140 cm³/mol. The lowest BCUT2D eigenvalue weighted by atomic mass is 9.97. The van der Waals surface area contributed by atoms with Crippen molar-refractivity contribution in [2.45, 2.75) is 71.6 Å². The zero-order valence-corrected chi connectivity index (χ0v) is 22.6. The number of anilines is 1. The van der Waals surface area contributed by atoms with Crippen molar-refractivity contribution in [1.29, 1.82) is 0 Å². The highest BCUT2D eigenvalue weighted by Crippen LogP contribution is 2.41. The number of carbonyl (C=O) groups is 2. The second kappa shape index (κ2) is 10.1. The van der Waals surface area contributed by atoms with E-state index >= 15 is 0 Å². The molecule has 3 amide bonds. The van der Waals surface area contributed by atoms with Gasteiger partial charge in [-0.1, -0.05) is 6.07 Å². The van der Waals surface area contributed by atoms with Crippen LogP contribution in [0.4, 0.5) is 10.6 Å². The number of carbonyl (C=O) groups excluding carboxylic acids is 2. The lowest BCUT2D eigenvalue weighted by Crippen LogP contribution is -2.62. The molecule has 2 N–H and O–H groups in total. The third-order valence-electron chi connectivity index (χ3n) is 8.27. The van der Waals surface area contributed by atoms with Gasteiger partial charge < -0.3 is 19.9 Å². The fourth-order valence-electron chi connectivity index (χ4n) is 5.83. The summed E-state index contributed by atoms with van der Waals surface area (Å²) in [6, 6.07) is 3.98. The van der Waals surface area contributed by atoms with Crippen molar-refractivity contribution < 1.29 is 14.3 Å². The number of aromatic amines is 1. The smallest absolute Gasteiger partial charge is 0.321 e. The normalized spacial score (nSPS) is 24.2. The molecule has 3 aliphatic rings. The summed E-state index contributed by atoms with van der Waals surface area (Å²) >= 11 is 0. The number of aryl methyl sites for hydroxylation is 1. The Morgan fingerprint density at radius 2 is 1.92 bits per heavy atom. The summed E-state index contributed by atoms with van der Waals surface area (Å²) in [6.45, 7) is 15.1. The predicted octanol–water partition coefficient (Wildman–Crippen LogP) is 3.36. The maximum Gasteiger partial charge on any atom is 0.321 e. The van der Waals surface area contributed by atoms with Gasteiger partial charge in [0, 0.05) is 56.7 Å². The number of fused-ring (bicyclic) bond motifs is 1. The van der Waals surface area contributed by atoms with Gasteiger partial charge in [-0.15, -0.1) is 0 Å². The van der Waals surface area contributed by atoms with Crippen LogP contribution in [0.3, 0.4) is 0 Å². The summed E-state index contributed by atoms with van der Waals surface area (Å²) in [6.07, 6.45) is 3.90. The Labute approximate surface area is 218 Å². The lowest BCUT2D eigenvalue weighted by Gasteiger charge is -2.47. The molecule has 3 aliphatic heterocycles. The van der Waals surface area contributed by atoms with Gasteiger partial charge in [0.1, 0.15) is 5.69 Å². The van der Waals surface area contributed by atoms with Crippen LogP contribution in [0.25, 0.3) is 0 Å². The minimum Gasteiger partial charge on any atom is -0.381 e. The second-order valence-electron chi connectivity index (χ2n) is 11.4. The van der Waals surface area contributed by atoms with E-state index in [1.165, 1.54) is 0 Å². The average molecular weight is 510 g/mol. The van der Waals surface area contributed by atoms with Crippen LogP contribution in [0.2, 0.25) is 0 Å². The first-order valence-corrected chi connectivity index (χ1v) is 13.4. The lowest BCUT2D eigenvalue weighted by molar-refractivity contribution is 0.00882. The third-order valence-corrected chi connectivity index (χ3v) is 8.27. The molecule has 0 unspecified atom stereocenters. The molecule has 10 heteroatoms. The topological polar surface area (TPSA) is 107 Å². The van der Waals surface area contributed by atoms with Crippen LogP contribution in [-0.4, -0.2) is 86.8 Å². The number of amides is 3. The Bertz CT molecular complexity index is 1140. The zero-order chi connectivity index (χ0) is 26.3. The number of pyridine rings is 1. The van der Waals surface area contributed by atoms with Crippen LogP contribution in [-0.2, 0) is 16.8 Å². The highest BCUT2D eigenvalue weighted by atomic mass is 16.5. The summed E-state index contributed by atoms with van der Waals surface area (Å²) in [5.74, 6) is 0.804. The van der Waals surface area contributed by atoms with Crippen LogP contribution < -0.4 is 5.32 Å². The van der Waals surface area contributed by atoms with Gasteiger partial charge in [-0.3, -0.25) is 19.8 Å². The van der Waals surface area contributed by atoms with Gasteiger partial charge in [0.25, 0.3) is 5.91 Å². The van der Waals surface area contributed by atoms with Crippen LogP contribution in [0.1, 0.15) is 67.8 Å². The number of aromatic nitrogens is 3. The second-order valence-corrected chi connectivity index (χ2v) is 11.4. The van der Waals surface area contributed by atoms with Crippen molar-refractivity contribution in [3.8, 4) is 0 Å². The van der Waals surface area contributed by atoms with Gasteiger partial charge in [0.05, 0.1) is 17.8 Å². The van der Waals surface area contributed by atoms with E-state index in [0.29, 0.717) is 36.6 Å². The van der Waals surface area contributed by atoms with Crippen molar-refractivity contribution in [3.63, 3.8) is 0 Å². The number of rotatable bonds is 4. The molecule has 10 nitrogen and oxygen atoms in total. The molecule has 5 heterocycles. The molecular weight excluding hydrogens is 470 g/mol. The van der Waals surface area contributed by atoms with E-state index in [2.05, 4.69) is 39.2 Å². The van der Waals surface area contributed by atoms with Crippen molar-refractivity contribution in [1.82, 2.24) is 29.9 Å². The first-order chi connectivity index (χ1) is 17.6. The van der Waals surface area contributed by atoms with Crippen LogP contribution >= 0.6 is 0 Å². The van der Waals surface area contributed by atoms with E-state index < -0.39 is 5.54 Å². The van der Waals surface area contributed by atoms with Crippen molar-refractivity contribution in [2.75, 3.05) is 38.2 Å². The summed E-state index contributed by atoms with van der Waals surface area (Å²) in [5.41, 5.74) is 2.44. The minimum absolute atomic E-state index is 0.0251. The first kappa shape index (κ1) is 25.7. The largest absolute Gasteiger partial charge is 0.381 e. The average Bonchev–Trinajstić information content (AvgIpc) is 3.39. The SMILES string of the molecule is Cc1ccc(C(=O)Nc2n[nH]c3c2CN(C(=O)N2C[C@@H](C)N(CC4CCOCC4)C[C@@H]2C)C3(C)C)nc1.